The second-order valence-corrected chi connectivity index (χ2v) is 3.84. The third-order valence-corrected chi connectivity index (χ3v) is 2.09. The third kappa shape index (κ3) is 2.52. The van der Waals surface area contributed by atoms with Gasteiger partial charge in [0.25, 0.3) is 0 Å². The lowest BCUT2D eigenvalue weighted by Crippen LogP contribution is -2.18. The topological polar surface area (TPSA) is 33.1 Å². The summed E-state index contributed by atoms with van der Waals surface area (Å²) < 4.78 is 0. The summed E-state index contributed by atoms with van der Waals surface area (Å²) in [5.41, 5.74) is 1.36. The van der Waals surface area contributed by atoms with Crippen LogP contribution in [0.2, 0.25) is 0 Å². The van der Waals surface area contributed by atoms with Gasteiger partial charge in [0.1, 0.15) is 0 Å². The summed E-state index contributed by atoms with van der Waals surface area (Å²) in [6, 6.07) is 1.98. The van der Waals surface area contributed by atoms with Crippen LogP contribution in [0.3, 0.4) is 0 Å². The number of nitrogens with zero attached hydrogens (tertiary/aromatic N) is 1. The van der Waals surface area contributed by atoms with Crippen molar-refractivity contribution in [1.82, 2.24) is 4.98 Å². The molecule has 72 valence electrons. The fourth-order valence-electron chi connectivity index (χ4n) is 1.46. The number of aromatic nitrogens is 1. The standard InChI is InChI=1S/C11H17NO/c1-4-5-9-6-7-12-8-10(9)11(2,3)13/h6-8,13H,4-5H2,1-3H3. The molecule has 0 saturated carbocycles. The predicted molar refractivity (Wildman–Crippen MR) is 53.5 cm³/mol. The molecule has 0 aliphatic heterocycles. The molecular formula is C11H17NO. The molecule has 1 rings (SSSR count). The van der Waals surface area contributed by atoms with E-state index < -0.39 is 5.60 Å². The van der Waals surface area contributed by atoms with Crippen LogP contribution in [0.25, 0.3) is 0 Å². The van der Waals surface area contributed by atoms with E-state index in [0.717, 1.165) is 18.4 Å². The van der Waals surface area contributed by atoms with E-state index in [1.807, 2.05) is 6.07 Å². The minimum atomic E-state index is -0.779. The first-order valence-corrected chi connectivity index (χ1v) is 4.71. The molecule has 0 aromatic carbocycles. The molecule has 2 nitrogen and oxygen atoms in total. The number of pyridine rings is 1. The molecule has 0 fully saturated rings. The summed E-state index contributed by atoms with van der Waals surface area (Å²) in [7, 11) is 0. The summed E-state index contributed by atoms with van der Waals surface area (Å²) in [4.78, 5) is 4.03. The molecule has 0 aliphatic rings. The van der Waals surface area contributed by atoms with Gasteiger partial charge in [-0.2, -0.15) is 0 Å². The predicted octanol–water partition coefficient (Wildman–Crippen LogP) is 2.26. The summed E-state index contributed by atoms with van der Waals surface area (Å²) in [5, 5.41) is 9.86. The molecule has 2 heteroatoms. The normalized spacial score (nSPS) is 11.7. The maximum Gasteiger partial charge on any atom is 0.0858 e. The summed E-state index contributed by atoms with van der Waals surface area (Å²) >= 11 is 0. The second kappa shape index (κ2) is 3.88. The first kappa shape index (κ1) is 10.2. The Kier molecular flexibility index (Phi) is 3.04. The maximum absolute atomic E-state index is 9.86. The van der Waals surface area contributed by atoms with Crippen molar-refractivity contribution in [2.45, 2.75) is 39.2 Å². The van der Waals surface area contributed by atoms with Gasteiger partial charge in [0, 0.05) is 18.0 Å². The van der Waals surface area contributed by atoms with Crippen LogP contribution >= 0.6 is 0 Å². The van der Waals surface area contributed by atoms with Crippen LogP contribution in [0.4, 0.5) is 0 Å². The van der Waals surface area contributed by atoms with Crippen molar-refractivity contribution in [3.63, 3.8) is 0 Å². The van der Waals surface area contributed by atoms with Gasteiger partial charge in [0.15, 0.2) is 0 Å². The smallest absolute Gasteiger partial charge is 0.0858 e. The summed E-state index contributed by atoms with van der Waals surface area (Å²) in [6.07, 6.45) is 5.63. The van der Waals surface area contributed by atoms with E-state index in [4.69, 9.17) is 0 Å². The average Bonchev–Trinajstić information content (AvgIpc) is 2.04. The molecule has 0 amide bonds. The molecular weight excluding hydrogens is 162 g/mol. The Morgan fingerprint density at radius 1 is 1.46 bits per heavy atom. The summed E-state index contributed by atoms with van der Waals surface area (Å²) in [5.74, 6) is 0. The van der Waals surface area contributed by atoms with Crippen molar-refractivity contribution in [2.75, 3.05) is 0 Å². The van der Waals surface area contributed by atoms with E-state index in [1.54, 1.807) is 26.2 Å². The largest absolute Gasteiger partial charge is 0.386 e. The molecule has 0 bridgehead atoms. The molecule has 0 unspecified atom stereocenters. The van der Waals surface area contributed by atoms with E-state index in [2.05, 4.69) is 11.9 Å². The Hall–Kier alpha value is -0.890. The molecule has 1 aromatic heterocycles. The van der Waals surface area contributed by atoms with Crippen molar-refractivity contribution in [1.29, 1.82) is 0 Å². The first-order valence-electron chi connectivity index (χ1n) is 4.71. The molecule has 0 saturated heterocycles. The van der Waals surface area contributed by atoms with Crippen molar-refractivity contribution in [2.24, 2.45) is 0 Å². The Labute approximate surface area is 79.6 Å². The molecule has 0 radical (unpaired) electrons. The highest BCUT2D eigenvalue weighted by atomic mass is 16.3. The lowest BCUT2D eigenvalue weighted by Gasteiger charge is -2.20. The van der Waals surface area contributed by atoms with Gasteiger partial charge in [-0.3, -0.25) is 4.98 Å². The number of aliphatic hydroxyl groups is 1. The van der Waals surface area contributed by atoms with E-state index in [0.29, 0.717) is 0 Å². The van der Waals surface area contributed by atoms with Crippen LogP contribution < -0.4 is 0 Å². The number of hydrogen-bond donors (Lipinski definition) is 1. The zero-order valence-corrected chi connectivity index (χ0v) is 8.54. The SMILES string of the molecule is CCCc1ccncc1C(C)(C)O. The van der Waals surface area contributed by atoms with Crippen LogP contribution in [0.5, 0.6) is 0 Å². The van der Waals surface area contributed by atoms with Crippen LogP contribution in [0.1, 0.15) is 38.3 Å². The van der Waals surface area contributed by atoms with Gasteiger partial charge >= 0.3 is 0 Å². The molecule has 0 aliphatic carbocycles. The van der Waals surface area contributed by atoms with Crippen molar-refractivity contribution >= 4 is 0 Å². The molecule has 0 spiro atoms. The highest BCUT2D eigenvalue weighted by molar-refractivity contribution is 5.28. The average molecular weight is 179 g/mol. The van der Waals surface area contributed by atoms with E-state index in [-0.39, 0.29) is 0 Å². The van der Waals surface area contributed by atoms with E-state index in [1.165, 1.54) is 5.56 Å². The zero-order chi connectivity index (χ0) is 9.90. The molecule has 1 heterocycles. The highest BCUT2D eigenvalue weighted by Crippen LogP contribution is 2.23. The third-order valence-electron chi connectivity index (χ3n) is 2.09. The number of rotatable bonds is 3. The lowest BCUT2D eigenvalue weighted by atomic mass is 9.93. The zero-order valence-electron chi connectivity index (χ0n) is 8.54. The Balaban J connectivity index is 3.05. The van der Waals surface area contributed by atoms with Gasteiger partial charge in [-0.1, -0.05) is 13.3 Å². The Bertz CT molecular complexity index is 276. The van der Waals surface area contributed by atoms with Crippen LogP contribution in [-0.4, -0.2) is 10.1 Å². The minimum absolute atomic E-state index is 0.779. The van der Waals surface area contributed by atoms with Gasteiger partial charge in [-0.25, -0.2) is 0 Å². The Morgan fingerprint density at radius 3 is 2.69 bits per heavy atom. The van der Waals surface area contributed by atoms with Gasteiger partial charge in [-0.15, -0.1) is 0 Å². The maximum atomic E-state index is 9.86. The van der Waals surface area contributed by atoms with Crippen molar-refractivity contribution < 1.29 is 5.11 Å². The van der Waals surface area contributed by atoms with Crippen LogP contribution in [-0.2, 0) is 12.0 Å². The van der Waals surface area contributed by atoms with Crippen LogP contribution in [0, 0.1) is 0 Å². The van der Waals surface area contributed by atoms with E-state index >= 15 is 0 Å². The number of aryl methyl sites for hydroxylation is 1. The van der Waals surface area contributed by atoms with Gasteiger partial charge in [0.05, 0.1) is 5.60 Å². The van der Waals surface area contributed by atoms with Gasteiger partial charge in [0.2, 0.25) is 0 Å². The van der Waals surface area contributed by atoms with Gasteiger partial charge in [-0.05, 0) is 31.9 Å². The molecule has 0 atom stereocenters. The number of hydrogen-bond acceptors (Lipinski definition) is 2. The van der Waals surface area contributed by atoms with Crippen LogP contribution in [0.15, 0.2) is 18.5 Å². The lowest BCUT2D eigenvalue weighted by molar-refractivity contribution is 0.0772. The quantitative estimate of drug-likeness (QED) is 0.772. The monoisotopic (exact) mass is 179 g/mol. The molecule has 1 aromatic rings. The van der Waals surface area contributed by atoms with Gasteiger partial charge < -0.3 is 5.11 Å². The minimum Gasteiger partial charge on any atom is -0.386 e. The fraction of sp³-hybridized carbons (Fsp3) is 0.545. The Morgan fingerprint density at radius 2 is 2.15 bits per heavy atom. The molecule has 13 heavy (non-hydrogen) atoms. The molecule has 1 N–H and O–H groups in total. The first-order chi connectivity index (χ1) is 6.05. The van der Waals surface area contributed by atoms with Crippen molar-refractivity contribution in [3.05, 3.63) is 29.6 Å². The second-order valence-electron chi connectivity index (χ2n) is 3.84. The van der Waals surface area contributed by atoms with E-state index in [9.17, 15) is 5.11 Å². The highest BCUT2D eigenvalue weighted by Gasteiger charge is 2.19. The van der Waals surface area contributed by atoms with Crippen molar-refractivity contribution in [3.8, 4) is 0 Å². The fourth-order valence-corrected chi connectivity index (χ4v) is 1.46. The summed E-state index contributed by atoms with van der Waals surface area (Å²) in [6.45, 7) is 5.72.